The molecule has 29 heavy (non-hydrogen) atoms. The normalized spacial score (nSPS) is 17.5. The Morgan fingerprint density at radius 1 is 0.897 bits per heavy atom. The molecule has 0 amide bonds. The molecule has 2 aromatic rings. The minimum Gasteiger partial charge on any atom is -0.341 e. The second-order valence-corrected chi connectivity index (χ2v) is 7.14. The average Bonchev–Trinajstić information content (AvgIpc) is 3.41. The van der Waals surface area contributed by atoms with Crippen molar-refractivity contribution in [3.05, 3.63) is 35.4 Å². The Labute approximate surface area is 166 Å². The molecule has 7 nitrogen and oxygen atoms in total. The number of anilines is 3. The third kappa shape index (κ3) is 4.75. The molecule has 0 aliphatic carbocycles. The van der Waals surface area contributed by atoms with E-state index in [9.17, 15) is 13.2 Å². The molecule has 4 rings (SSSR count). The molecule has 0 spiro atoms. The Bertz CT molecular complexity index is 838. The molecule has 1 aromatic heterocycles. The van der Waals surface area contributed by atoms with Crippen LogP contribution in [-0.2, 0) is 6.18 Å². The highest BCUT2D eigenvalue weighted by Gasteiger charge is 2.30. The van der Waals surface area contributed by atoms with Gasteiger partial charge in [-0.05, 0) is 43.4 Å². The highest BCUT2D eigenvalue weighted by Crippen LogP contribution is 2.29. The maximum Gasteiger partial charge on any atom is 0.416 e. The lowest BCUT2D eigenvalue weighted by Gasteiger charge is -2.20. The van der Waals surface area contributed by atoms with E-state index in [2.05, 4.69) is 35.3 Å². The summed E-state index contributed by atoms with van der Waals surface area (Å²) in [5.74, 6) is 1.50. The van der Waals surface area contributed by atoms with Crippen LogP contribution >= 0.6 is 0 Å². The summed E-state index contributed by atoms with van der Waals surface area (Å²) in [6, 6.07) is 4.98. The fourth-order valence-corrected chi connectivity index (χ4v) is 3.48. The van der Waals surface area contributed by atoms with Gasteiger partial charge < -0.3 is 9.80 Å². The molecule has 2 aliphatic heterocycles. The summed E-state index contributed by atoms with van der Waals surface area (Å²) in [6.07, 6.45) is 1.33. The maximum absolute atomic E-state index is 12.8. The van der Waals surface area contributed by atoms with Gasteiger partial charge in [0.15, 0.2) is 0 Å². The van der Waals surface area contributed by atoms with Crippen LogP contribution in [0, 0.1) is 0 Å². The van der Waals surface area contributed by atoms with Crippen molar-refractivity contribution in [3.8, 4) is 0 Å². The summed E-state index contributed by atoms with van der Waals surface area (Å²) in [5, 5.41) is 4.04. The number of benzene rings is 1. The van der Waals surface area contributed by atoms with Gasteiger partial charge in [-0.25, -0.2) is 5.43 Å². The molecule has 2 aliphatic rings. The van der Waals surface area contributed by atoms with Gasteiger partial charge in [-0.2, -0.15) is 33.2 Å². The average molecular weight is 405 g/mol. The van der Waals surface area contributed by atoms with E-state index in [4.69, 9.17) is 0 Å². The highest BCUT2D eigenvalue weighted by molar-refractivity contribution is 5.80. The molecule has 2 saturated heterocycles. The number of hydrazone groups is 1. The first kappa shape index (κ1) is 19.4. The van der Waals surface area contributed by atoms with E-state index >= 15 is 0 Å². The van der Waals surface area contributed by atoms with Crippen LogP contribution in [0.15, 0.2) is 29.4 Å². The molecule has 3 heterocycles. The first-order chi connectivity index (χ1) is 14.0. The third-order valence-corrected chi connectivity index (χ3v) is 4.98. The van der Waals surface area contributed by atoms with E-state index in [0.717, 1.165) is 64.0 Å². The summed E-state index contributed by atoms with van der Waals surface area (Å²) < 4.78 is 38.5. The van der Waals surface area contributed by atoms with E-state index < -0.39 is 11.7 Å². The SMILES string of the molecule is FC(F)(F)c1cccc(C=NNc2nc(N3CCCC3)nc(N3CCCC3)n2)c1. The van der Waals surface area contributed by atoms with Crippen LogP contribution in [0.3, 0.4) is 0 Å². The first-order valence-corrected chi connectivity index (χ1v) is 9.71. The van der Waals surface area contributed by atoms with Crippen LogP contribution in [0.5, 0.6) is 0 Å². The summed E-state index contributed by atoms with van der Waals surface area (Å²) in [6.45, 7) is 3.60. The Hall–Kier alpha value is -2.91. The summed E-state index contributed by atoms with van der Waals surface area (Å²) in [7, 11) is 0. The van der Waals surface area contributed by atoms with E-state index in [1.54, 1.807) is 6.07 Å². The van der Waals surface area contributed by atoms with Gasteiger partial charge >= 0.3 is 6.18 Å². The molecule has 0 radical (unpaired) electrons. The van der Waals surface area contributed by atoms with Gasteiger partial charge in [0.25, 0.3) is 0 Å². The quantitative estimate of drug-likeness (QED) is 0.606. The van der Waals surface area contributed by atoms with Crippen LogP contribution in [0.1, 0.15) is 36.8 Å². The van der Waals surface area contributed by atoms with Gasteiger partial charge in [0, 0.05) is 26.2 Å². The molecule has 154 valence electrons. The van der Waals surface area contributed by atoms with Crippen LogP contribution in [-0.4, -0.2) is 47.3 Å². The van der Waals surface area contributed by atoms with Crippen molar-refractivity contribution >= 4 is 24.1 Å². The first-order valence-electron chi connectivity index (χ1n) is 9.71. The van der Waals surface area contributed by atoms with Crippen molar-refractivity contribution in [1.29, 1.82) is 0 Å². The molecule has 1 N–H and O–H groups in total. The fraction of sp³-hybridized carbons (Fsp3) is 0.474. The Kier molecular flexibility index (Phi) is 5.50. The molecule has 0 bridgehead atoms. The number of aromatic nitrogens is 3. The second kappa shape index (κ2) is 8.22. The van der Waals surface area contributed by atoms with E-state index in [1.807, 2.05) is 0 Å². The summed E-state index contributed by atoms with van der Waals surface area (Å²) >= 11 is 0. The Morgan fingerprint density at radius 3 is 2.03 bits per heavy atom. The van der Waals surface area contributed by atoms with Crippen LogP contribution in [0.25, 0.3) is 0 Å². The van der Waals surface area contributed by atoms with E-state index in [-0.39, 0.29) is 5.95 Å². The van der Waals surface area contributed by atoms with Gasteiger partial charge in [0.1, 0.15) is 0 Å². The summed E-state index contributed by atoms with van der Waals surface area (Å²) in [4.78, 5) is 17.7. The van der Waals surface area contributed by atoms with Crippen LogP contribution in [0.2, 0.25) is 0 Å². The van der Waals surface area contributed by atoms with Crippen molar-refractivity contribution in [1.82, 2.24) is 15.0 Å². The van der Waals surface area contributed by atoms with Crippen LogP contribution in [0.4, 0.5) is 31.0 Å². The minimum absolute atomic E-state index is 0.284. The minimum atomic E-state index is -4.39. The number of rotatable bonds is 5. The number of hydrogen-bond donors (Lipinski definition) is 1. The zero-order valence-corrected chi connectivity index (χ0v) is 15.9. The number of alkyl halides is 3. The smallest absolute Gasteiger partial charge is 0.341 e. The predicted octanol–water partition coefficient (Wildman–Crippen LogP) is 3.54. The third-order valence-electron chi connectivity index (χ3n) is 4.98. The predicted molar refractivity (Wildman–Crippen MR) is 105 cm³/mol. The van der Waals surface area contributed by atoms with Gasteiger partial charge in [-0.1, -0.05) is 12.1 Å². The maximum atomic E-state index is 12.8. The molecule has 10 heteroatoms. The van der Waals surface area contributed by atoms with E-state index in [1.165, 1.54) is 12.3 Å². The fourth-order valence-electron chi connectivity index (χ4n) is 3.48. The largest absolute Gasteiger partial charge is 0.416 e. The lowest BCUT2D eigenvalue weighted by molar-refractivity contribution is -0.137. The van der Waals surface area contributed by atoms with Crippen molar-refractivity contribution in [2.45, 2.75) is 31.9 Å². The topological polar surface area (TPSA) is 69.5 Å². The van der Waals surface area contributed by atoms with Crippen molar-refractivity contribution < 1.29 is 13.2 Å². The van der Waals surface area contributed by atoms with Crippen molar-refractivity contribution in [2.24, 2.45) is 5.10 Å². The van der Waals surface area contributed by atoms with Gasteiger partial charge in [0.2, 0.25) is 17.8 Å². The Balaban J connectivity index is 1.53. The molecular formula is C19H22F3N7. The number of nitrogens with one attached hydrogen (secondary N) is 1. The highest BCUT2D eigenvalue weighted by atomic mass is 19.4. The van der Waals surface area contributed by atoms with Gasteiger partial charge in [0.05, 0.1) is 11.8 Å². The molecule has 0 saturated carbocycles. The van der Waals surface area contributed by atoms with Gasteiger partial charge in [-0.15, -0.1) is 0 Å². The number of hydrogen-bond acceptors (Lipinski definition) is 7. The second-order valence-electron chi connectivity index (χ2n) is 7.14. The number of nitrogens with zero attached hydrogens (tertiary/aromatic N) is 6. The van der Waals surface area contributed by atoms with Gasteiger partial charge in [-0.3, -0.25) is 0 Å². The number of halogens is 3. The van der Waals surface area contributed by atoms with E-state index in [0.29, 0.717) is 17.5 Å². The van der Waals surface area contributed by atoms with Crippen molar-refractivity contribution in [3.63, 3.8) is 0 Å². The zero-order chi connectivity index (χ0) is 20.3. The lowest BCUT2D eigenvalue weighted by atomic mass is 10.1. The molecule has 0 unspecified atom stereocenters. The van der Waals surface area contributed by atoms with Crippen molar-refractivity contribution in [2.75, 3.05) is 41.4 Å². The molecule has 1 aromatic carbocycles. The molecular weight excluding hydrogens is 383 g/mol. The lowest BCUT2D eigenvalue weighted by Crippen LogP contribution is -2.25. The monoisotopic (exact) mass is 405 g/mol. The molecule has 2 fully saturated rings. The molecule has 0 atom stereocenters. The Morgan fingerprint density at radius 2 is 1.48 bits per heavy atom. The zero-order valence-electron chi connectivity index (χ0n) is 15.9. The summed E-state index contributed by atoms with van der Waals surface area (Å²) in [5.41, 5.74) is 2.37. The van der Waals surface area contributed by atoms with Crippen LogP contribution < -0.4 is 15.2 Å². The standard InChI is InChI=1S/C19H22F3N7/c20-19(21,22)15-7-5-6-14(12-15)13-23-27-16-24-17(28-8-1-2-9-28)26-18(25-16)29-10-3-4-11-29/h5-7,12-13H,1-4,8-11H2,(H,24,25,26,27).